The van der Waals surface area contributed by atoms with Crippen LogP contribution in [0.25, 0.3) is 22.5 Å². The Balaban J connectivity index is 1.13. The molecule has 2 aromatic heterocycles. The molecule has 0 unspecified atom stereocenters. The van der Waals surface area contributed by atoms with Crippen molar-refractivity contribution in [1.82, 2.24) is 29.8 Å². The van der Waals surface area contributed by atoms with Crippen LogP contribution in [-0.4, -0.2) is 42.8 Å². The Labute approximate surface area is 355 Å². The van der Waals surface area contributed by atoms with Crippen LogP contribution in [0.4, 0.5) is 0 Å². The number of ether oxygens (including phenoxy) is 2. The van der Waals surface area contributed by atoms with Gasteiger partial charge in [-0.25, -0.2) is 14.5 Å². The number of esters is 1. The number of rotatable bonds is 16. The first-order chi connectivity index (χ1) is 29.5. The van der Waals surface area contributed by atoms with Crippen molar-refractivity contribution in [3.8, 4) is 22.5 Å². The number of hydrogen-bond acceptors (Lipinski definition) is 7. The number of tetrazole rings is 1. The smallest absolute Gasteiger partial charge is 0.338 e. The van der Waals surface area contributed by atoms with Crippen LogP contribution in [0.15, 0.2) is 164 Å². The Bertz CT molecular complexity index is 2570. The number of carbonyl (C=O) groups is 1. The molecule has 0 fully saturated rings. The van der Waals surface area contributed by atoms with E-state index in [2.05, 4.69) is 126 Å². The van der Waals surface area contributed by atoms with E-state index in [0.717, 1.165) is 75.3 Å². The molecule has 0 amide bonds. The van der Waals surface area contributed by atoms with Crippen LogP contribution >= 0.6 is 11.6 Å². The molecule has 0 aliphatic heterocycles. The number of unbranched alkanes of at least 4 members (excludes halogenated alkanes) is 1. The molecule has 0 aliphatic rings. The normalized spacial score (nSPS) is 11.4. The summed E-state index contributed by atoms with van der Waals surface area (Å²) in [5, 5.41) is 14.3. The van der Waals surface area contributed by atoms with E-state index >= 15 is 0 Å². The Morgan fingerprint density at radius 3 is 1.90 bits per heavy atom. The number of benzene rings is 6. The minimum absolute atomic E-state index is 0.220. The first kappa shape index (κ1) is 40.1. The molecule has 8 aromatic rings. The van der Waals surface area contributed by atoms with Crippen molar-refractivity contribution in [2.75, 3.05) is 7.11 Å². The predicted molar refractivity (Wildman–Crippen MR) is 235 cm³/mol. The van der Waals surface area contributed by atoms with Gasteiger partial charge in [-0.05, 0) is 61.9 Å². The summed E-state index contributed by atoms with van der Waals surface area (Å²) in [6, 6.07) is 55.4. The SMILES string of the molecule is CCCCc1nc(Cl)c(COCc2ccccc2C(=O)OC)n1Cc1ccc(-c2ccccc2-c2nnnn2C(c2ccccc2)(c2ccccc2)c2ccccc2)cc1. The van der Waals surface area contributed by atoms with Gasteiger partial charge < -0.3 is 14.0 Å². The van der Waals surface area contributed by atoms with Gasteiger partial charge in [0, 0.05) is 18.5 Å². The highest BCUT2D eigenvalue weighted by molar-refractivity contribution is 6.30. The van der Waals surface area contributed by atoms with E-state index in [1.54, 1.807) is 6.07 Å². The summed E-state index contributed by atoms with van der Waals surface area (Å²) in [6.45, 7) is 3.17. The predicted octanol–water partition coefficient (Wildman–Crippen LogP) is 10.6. The molecule has 10 heteroatoms. The molecule has 2 heterocycles. The summed E-state index contributed by atoms with van der Waals surface area (Å²) in [5.41, 5.74) is 8.24. The highest BCUT2D eigenvalue weighted by Gasteiger charge is 2.42. The summed E-state index contributed by atoms with van der Waals surface area (Å²) < 4.78 is 15.3. The van der Waals surface area contributed by atoms with E-state index in [1.807, 2.05) is 53.2 Å². The van der Waals surface area contributed by atoms with E-state index in [9.17, 15) is 4.79 Å². The van der Waals surface area contributed by atoms with Gasteiger partial charge in [-0.1, -0.05) is 183 Å². The maximum atomic E-state index is 12.4. The van der Waals surface area contributed by atoms with Gasteiger partial charge in [-0.2, -0.15) is 0 Å². The molecule has 0 atom stereocenters. The second kappa shape index (κ2) is 18.5. The number of imidazole rings is 1. The molecule has 60 heavy (non-hydrogen) atoms. The van der Waals surface area contributed by atoms with Crippen LogP contribution in [0.2, 0.25) is 5.15 Å². The van der Waals surface area contributed by atoms with Crippen molar-refractivity contribution < 1.29 is 14.3 Å². The van der Waals surface area contributed by atoms with Crippen molar-refractivity contribution in [2.24, 2.45) is 0 Å². The monoisotopic (exact) mass is 812 g/mol. The largest absolute Gasteiger partial charge is 0.465 e. The van der Waals surface area contributed by atoms with E-state index in [0.29, 0.717) is 23.1 Å². The zero-order valence-corrected chi connectivity index (χ0v) is 34.4. The summed E-state index contributed by atoms with van der Waals surface area (Å²) in [5.74, 6) is 1.15. The molecule has 8 rings (SSSR count). The van der Waals surface area contributed by atoms with Crippen molar-refractivity contribution in [2.45, 2.75) is 51.5 Å². The number of aryl methyl sites for hydroxylation is 1. The molecular formula is C50H45ClN6O3. The van der Waals surface area contributed by atoms with Crippen molar-refractivity contribution in [3.05, 3.63) is 214 Å². The van der Waals surface area contributed by atoms with Gasteiger partial charge in [-0.3, -0.25) is 0 Å². The lowest BCUT2D eigenvalue weighted by atomic mass is 9.77. The van der Waals surface area contributed by atoms with E-state index < -0.39 is 11.5 Å². The average molecular weight is 813 g/mol. The third-order valence-corrected chi connectivity index (χ3v) is 11.2. The van der Waals surface area contributed by atoms with Gasteiger partial charge in [0.1, 0.15) is 11.4 Å². The zero-order chi connectivity index (χ0) is 41.3. The zero-order valence-electron chi connectivity index (χ0n) is 33.6. The van der Waals surface area contributed by atoms with Crippen molar-refractivity contribution in [3.63, 3.8) is 0 Å². The first-order valence-corrected chi connectivity index (χ1v) is 20.5. The molecular weight excluding hydrogens is 768 g/mol. The summed E-state index contributed by atoms with van der Waals surface area (Å²) in [4.78, 5) is 17.1. The number of aromatic nitrogens is 6. The second-order valence-corrected chi connectivity index (χ2v) is 14.9. The highest BCUT2D eigenvalue weighted by atomic mass is 35.5. The van der Waals surface area contributed by atoms with E-state index in [-0.39, 0.29) is 13.2 Å². The fourth-order valence-corrected chi connectivity index (χ4v) is 8.21. The third kappa shape index (κ3) is 8.02. The Morgan fingerprint density at radius 2 is 1.28 bits per heavy atom. The van der Waals surface area contributed by atoms with Gasteiger partial charge >= 0.3 is 5.97 Å². The molecule has 0 bridgehead atoms. The van der Waals surface area contributed by atoms with Gasteiger partial charge in [0.05, 0.1) is 31.6 Å². The Morgan fingerprint density at radius 1 is 0.700 bits per heavy atom. The van der Waals surface area contributed by atoms with Crippen LogP contribution in [0.1, 0.15) is 69.5 Å². The number of nitrogens with zero attached hydrogens (tertiary/aromatic N) is 6. The number of halogens is 1. The van der Waals surface area contributed by atoms with E-state index in [1.165, 1.54) is 7.11 Å². The molecule has 0 N–H and O–H groups in total. The molecule has 9 nitrogen and oxygen atoms in total. The third-order valence-electron chi connectivity index (χ3n) is 10.9. The number of methoxy groups -OCH3 is 1. The maximum Gasteiger partial charge on any atom is 0.338 e. The van der Waals surface area contributed by atoms with Gasteiger partial charge in [0.15, 0.2) is 11.0 Å². The minimum atomic E-state index is -0.882. The minimum Gasteiger partial charge on any atom is -0.465 e. The van der Waals surface area contributed by atoms with Crippen LogP contribution in [0, 0.1) is 0 Å². The lowest BCUT2D eigenvalue weighted by Crippen LogP contribution is -2.39. The first-order valence-electron chi connectivity index (χ1n) is 20.1. The molecule has 0 saturated heterocycles. The molecule has 0 radical (unpaired) electrons. The average Bonchev–Trinajstić information content (AvgIpc) is 3.91. The standard InChI is InChI=1S/C50H45ClN6O3/c1-3-4-28-46-52-47(51)45(35-60-34-38-18-14-15-26-43(38)49(58)59-2)56(46)33-36-29-31-37(32-30-36)42-25-16-17-27-44(42)48-53-54-55-57(48)50(39-19-8-5-9-20-39,40-21-10-6-11-22-40)41-23-12-7-13-24-41/h5-27,29-32H,3-4,28,33-35H2,1-2H3. The fourth-order valence-electron chi connectivity index (χ4n) is 7.96. The second-order valence-electron chi connectivity index (χ2n) is 14.6. The lowest BCUT2D eigenvalue weighted by molar-refractivity contribution is 0.0589. The molecule has 0 aliphatic carbocycles. The van der Waals surface area contributed by atoms with E-state index in [4.69, 9.17) is 36.4 Å². The number of carbonyl (C=O) groups excluding carboxylic acids is 1. The molecule has 300 valence electrons. The summed E-state index contributed by atoms with van der Waals surface area (Å²) in [6.07, 6.45) is 2.80. The summed E-state index contributed by atoms with van der Waals surface area (Å²) in [7, 11) is 1.38. The lowest BCUT2D eigenvalue weighted by Gasteiger charge is -2.36. The van der Waals surface area contributed by atoms with Gasteiger partial charge in [-0.15, -0.1) is 5.10 Å². The summed E-state index contributed by atoms with van der Waals surface area (Å²) >= 11 is 6.81. The van der Waals surface area contributed by atoms with Crippen molar-refractivity contribution >= 4 is 17.6 Å². The van der Waals surface area contributed by atoms with Crippen molar-refractivity contribution in [1.29, 1.82) is 0 Å². The Hall–Kier alpha value is -6.68. The van der Waals surface area contributed by atoms with Gasteiger partial charge in [0.2, 0.25) is 0 Å². The molecule has 0 saturated carbocycles. The van der Waals surface area contributed by atoms with Crippen LogP contribution in [0.3, 0.4) is 0 Å². The topological polar surface area (TPSA) is 97.0 Å². The van der Waals surface area contributed by atoms with Crippen LogP contribution in [0.5, 0.6) is 0 Å². The van der Waals surface area contributed by atoms with Crippen LogP contribution in [-0.2, 0) is 41.2 Å². The fraction of sp³-hybridized carbons (Fsp3) is 0.180. The molecule has 6 aromatic carbocycles. The molecule has 0 spiro atoms. The number of hydrogen-bond donors (Lipinski definition) is 0. The Kier molecular flexibility index (Phi) is 12.4. The maximum absolute atomic E-state index is 12.4. The van der Waals surface area contributed by atoms with Crippen LogP contribution < -0.4 is 0 Å². The quantitative estimate of drug-likeness (QED) is 0.0708. The highest BCUT2D eigenvalue weighted by Crippen LogP contribution is 2.43. The van der Waals surface area contributed by atoms with Gasteiger partial charge in [0.25, 0.3) is 0 Å².